The van der Waals surface area contributed by atoms with Crippen LogP contribution in [0.4, 0.5) is 8.78 Å². The van der Waals surface area contributed by atoms with Crippen molar-refractivity contribution < 1.29 is 18.3 Å². The summed E-state index contributed by atoms with van der Waals surface area (Å²) in [7, 11) is 1.84. The molecule has 0 spiro atoms. The number of halogens is 2. The van der Waals surface area contributed by atoms with Gasteiger partial charge in [0.05, 0.1) is 5.56 Å². The maximum atomic E-state index is 12.3. The van der Waals surface area contributed by atoms with Gasteiger partial charge < -0.3 is 15.0 Å². The molecule has 0 radical (unpaired) electrons. The van der Waals surface area contributed by atoms with E-state index in [1.165, 1.54) is 12.1 Å². The number of nitrogens with zero attached hydrogens (tertiary/aromatic N) is 1. The molecule has 1 aliphatic heterocycles. The predicted octanol–water partition coefficient (Wildman–Crippen LogP) is 1.72. The lowest BCUT2D eigenvalue weighted by molar-refractivity contribution is -0.0502. The van der Waals surface area contributed by atoms with Crippen LogP contribution < -0.4 is 10.1 Å². The van der Waals surface area contributed by atoms with Gasteiger partial charge in [0.2, 0.25) is 0 Å². The van der Waals surface area contributed by atoms with Crippen LogP contribution in [-0.4, -0.2) is 43.6 Å². The molecule has 0 saturated carbocycles. The van der Waals surface area contributed by atoms with Gasteiger partial charge in [0.25, 0.3) is 5.91 Å². The number of nitrogens with one attached hydrogen (secondary N) is 1. The van der Waals surface area contributed by atoms with Gasteiger partial charge in [-0.2, -0.15) is 8.78 Å². The molecule has 0 aliphatic carbocycles. The molecule has 0 bridgehead atoms. The number of likely N-dealkylation sites (N-methyl/N-ethyl adjacent to an activating group) is 1. The lowest BCUT2D eigenvalue weighted by atomic mass is 10.2. The molecule has 6 heteroatoms. The van der Waals surface area contributed by atoms with Crippen molar-refractivity contribution in [2.75, 3.05) is 20.1 Å². The Hall–Kier alpha value is -1.69. The van der Waals surface area contributed by atoms with E-state index in [-0.39, 0.29) is 23.3 Å². The average Bonchev–Trinajstić information content (AvgIpc) is 2.86. The van der Waals surface area contributed by atoms with Crippen molar-refractivity contribution in [1.29, 1.82) is 0 Å². The van der Waals surface area contributed by atoms with Crippen LogP contribution in [0.25, 0.3) is 0 Å². The van der Waals surface area contributed by atoms with Gasteiger partial charge in [-0.3, -0.25) is 4.79 Å². The molecule has 2 rings (SSSR count). The smallest absolute Gasteiger partial charge is 0.387 e. The van der Waals surface area contributed by atoms with E-state index in [1.807, 2.05) is 7.05 Å². The lowest BCUT2D eigenvalue weighted by Gasteiger charge is -2.18. The topological polar surface area (TPSA) is 41.6 Å². The fourth-order valence-corrected chi connectivity index (χ4v) is 2.19. The van der Waals surface area contributed by atoms with Gasteiger partial charge in [0.1, 0.15) is 5.75 Å². The summed E-state index contributed by atoms with van der Waals surface area (Å²) in [4.78, 5) is 13.9. The maximum absolute atomic E-state index is 12.3. The zero-order chi connectivity index (χ0) is 13.8. The molecule has 1 aliphatic rings. The number of para-hydroxylation sites is 1. The third-order valence-corrected chi connectivity index (χ3v) is 3.22. The van der Waals surface area contributed by atoms with Crippen LogP contribution in [0.3, 0.4) is 0 Å². The van der Waals surface area contributed by atoms with E-state index < -0.39 is 6.61 Å². The summed E-state index contributed by atoms with van der Waals surface area (Å²) >= 11 is 0. The van der Waals surface area contributed by atoms with E-state index in [2.05, 4.69) is 10.1 Å². The normalized spacial score (nSPS) is 18.9. The third-order valence-electron chi connectivity index (χ3n) is 3.22. The van der Waals surface area contributed by atoms with Crippen LogP contribution in [0.15, 0.2) is 24.3 Å². The highest BCUT2D eigenvalue weighted by Gasteiger charge is 2.27. The summed E-state index contributed by atoms with van der Waals surface area (Å²) in [6, 6.07) is 6.34. The van der Waals surface area contributed by atoms with Gasteiger partial charge in [-0.25, -0.2) is 0 Å². The highest BCUT2D eigenvalue weighted by molar-refractivity contribution is 5.97. The van der Waals surface area contributed by atoms with Gasteiger partial charge in [-0.1, -0.05) is 12.1 Å². The number of rotatable bonds is 4. The summed E-state index contributed by atoms with van der Waals surface area (Å²) in [5, 5.41) is 3.10. The molecule has 1 fully saturated rings. The molecule has 1 amide bonds. The highest BCUT2D eigenvalue weighted by Crippen LogP contribution is 2.23. The largest absolute Gasteiger partial charge is 0.434 e. The van der Waals surface area contributed by atoms with Crippen molar-refractivity contribution in [3.8, 4) is 5.75 Å². The molecule has 0 aromatic heterocycles. The van der Waals surface area contributed by atoms with Crippen molar-refractivity contribution in [1.82, 2.24) is 10.2 Å². The van der Waals surface area contributed by atoms with Crippen molar-refractivity contribution in [2.24, 2.45) is 0 Å². The fraction of sp³-hybridized carbons (Fsp3) is 0.462. The first-order chi connectivity index (χ1) is 9.11. The Balaban J connectivity index is 2.15. The first-order valence-electron chi connectivity index (χ1n) is 6.12. The summed E-state index contributed by atoms with van der Waals surface area (Å²) in [5.74, 6) is -0.343. The molecule has 104 valence electrons. The third kappa shape index (κ3) is 3.20. The van der Waals surface area contributed by atoms with Crippen LogP contribution >= 0.6 is 0 Å². The number of benzene rings is 1. The number of alkyl halides is 2. The summed E-state index contributed by atoms with van der Waals surface area (Å²) in [5.41, 5.74) is 0.180. The van der Waals surface area contributed by atoms with E-state index in [4.69, 9.17) is 0 Å². The second-order valence-corrected chi connectivity index (χ2v) is 4.40. The molecule has 1 heterocycles. The van der Waals surface area contributed by atoms with Gasteiger partial charge in [-0.05, 0) is 25.6 Å². The molecule has 1 atom stereocenters. The van der Waals surface area contributed by atoms with E-state index in [9.17, 15) is 13.6 Å². The Kier molecular flexibility index (Phi) is 4.31. The zero-order valence-corrected chi connectivity index (χ0v) is 10.6. The minimum absolute atomic E-state index is 0.0737. The van der Waals surface area contributed by atoms with Gasteiger partial charge >= 0.3 is 6.61 Å². The first kappa shape index (κ1) is 13.7. The SMILES string of the molecule is CNC1CCN(C(=O)c2ccccc2OC(F)F)C1. The molecule has 4 nitrogen and oxygen atoms in total. The number of carbonyl (C=O) groups is 1. The van der Waals surface area contributed by atoms with Crippen LogP contribution in [0.5, 0.6) is 5.75 Å². The molecule has 1 aromatic carbocycles. The van der Waals surface area contributed by atoms with Crippen molar-refractivity contribution in [2.45, 2.75) is 19.1 Å². The number of hydrogen-bond donors (Lipinski definition) is 1. The Labute approximate surface area is 110 Å². The van der Waals surface area contributed by atoms with Crippen LogP contribution in [0.2, 0.25) is 0 Å². The van der Waals surface area contributed by atoms with E-state index in [0.717, 1.165) is 6.42 Å². The Bertz CT molecular complexity index is 454. The van der Waals surface area contributed by atoms with Gasteiger partial charge in [-0.15, -0.1) is 0 Å². The Morgan fingerprint density at radius 3 is 2.84 bits per heavy atom. The number of amides is 1. The zero-order valence-electron chi connectivity index (χ0n) is 10.6. The average molecular weight is 270 g/mol. The summed E-state index contributed by atoms with van der Waals surface area (Å²) in [6.45, 7) is -1.73. The molecule has 19 heavy (non-hydrogen) atoms. The second kappa shape index (κ2) is 5.97. The summed E-state index contributed by atoms with van der Waals surface area (Å²) in [6.07, 6.45) is 0.861. The van der Waals surface area contributed by atoms with Crippen molar-refractivity contribution in [3.63, 3.8) is 0 Å². The molecule has 1 aromatic rings. The molecule has 1 unspecified atom stereocenters. The number of likely N-dealkylation sites (tertiary alicyclic amines) is 1. The Morgan fingerprint density at radius 1 is 1.47 bits per heavy atom. The van der Waals surface area contributed by atoms with E-state index >= 15 is 0 Å². The van der Waals surface area contributed by atoms with Crippen LogP contribution in [0, 0.1) is 0 Å². The van der Waals surface area contributed by atoms with Crippen LogP contribution in [0.1, 0.15) is 16.8 Å². The Morgan fingerprint density at radius 2 is 2.21 bits per heavy atom. The quantitative estimate of drug-likeness (QED) is 0.905. The molecule has 1 N–H and O–H groups in total. The molecular formula is C13H16F2N2O2. The fourth-order valence-electron chi connectivity index (χ4n) is 2.19. The second-order valence-electron chi connectivity index (χ2n) is 4.40. The van der Waals surface area contributed by atoms with Crippen LogP contribution in [-0.2, 0) is 0 Å². The van der Waals surface area contributed by atoms with Crippen molar-refractivity contribution in [3.05, 3.63) is 29.8 Å². The molecular weight excluding hydrogens is 254 g/mol. The highest BCUT2D eigenvalue weighted by atomic mass is 19.3. The number of carbonyl (C=O) groups excluding carboxylic acids is 1. The minimum Gasteiger partial charge on any atom is -0.434 e. The first-order valence-corrected chi connectivity index (χ1v) is 6.12. The van der Waals surface area contributed by atoms with Crippen molar-refractivity contribution >= 4 is 5.91 Å². The summed E-state index contributed by atoms with van der Waals surface area (Å²) < 4.78 is 29.0. The number of ether oxygens (including phenoxy) is 1. The predicted molar refractivity (Wildman–Crippen MR) is 66.4 cm³/mol. The number of hydrogen-bond acceptors (Lipinski definition) is 3. The van der Waals surface area contributed by atoms with Gasteiger partial charge in [0, 0.05) is 19.1 Å². The maximum Gasteiger partial charge on any atom is 0.387 e. The molecule has 1 saturated heterocycles. The standard InChI is InChI=1S/C13H16F2N2O2/c1-16-9-6-7-17(8-9)12(18)10-4-2-3-5-11(10)19-13(14)15/h2-5,9,13,16H,6-8H2,1H3. The lowest BCUT2D eigenvalue weighted by Crippen LogP contribution is -2.33. The monoisotopic (exact) mass is 270 g/mol. The van der Waals surface area contributed by atoms with E-state index in [1.54, 1.807) is 17.0 Å². The minimum atomic E-state index is -2.93. The van der Waals surface area contributed by atoms with E-state index in [0.29, 0.717) is 13.1 Å². The van der Waals surface area contributed by atoms with Gasteiger partial charge in [0.15, 0.2) is 0 Å².